The zero-order valence-electron chi connectivity index (χ0n) is 12.6. The first kappa shape index (κ1) is 16.2. The quantitative estimate of drug-likeness (QED) is 0.393. The molecule has 0 bridgehead atoms. The molecule has 0 fully saturated rings. The number of nitrogens with one attached hydrogen (secondary N) is 3. The Kier molecular flexibility index (Phi) is 4.16. The summed E-state index contributed by atoms with van der Waals surface area (Å²) in [6.07, 6.45) is 1.06. The van der Waals surface area contributed by atoms with Crippen LogP contribution in [0.5, 0.6) is 0 Å². The molecule has 0 saturated heterocycles. The molecule has 1 aromatic rings. The molecular weight excluding hydrogens is 308 g/mol. The van der Waals surface area contributed by atoms with Crippen LogP contribution >= 0.6 is 0 Å². The monoisotopic (exact) mass is 322 g/mol. The molecule has 122 valence electrons. The molecule has 10 heteroatoms. The predicted molar refractivity (Wildman–Crippen MR) is 78.0 cm³/mol. The van der Waals surface area contributed by atoms with E-state index in [1.165, 1.54) is 6.92 Å². The molecule has 0 saturated carbocycles. The predicted octanol–water partition coefficient (Wildman–Crippen LogP) is -0.295. The van der Waals surface area contributed by atoms with Crippen molar-refractivity contribution in [3.8, 4) is 0 Å². The largest absolute Gasteiger partial charge is 0.466 e. The molecular formula is C13H14N4O6. The van der Waals surface area contributed by atoms with Crippen LogP contribution in [0.25, 0.3) is 0 Å². The Morgan fingerprint density at radius 3 is 2.48 bits per heavy atom. The summed E-state index contributed by atoms with van der Waals surface area (Å²) >= 11 is 0. The Morgan fingerprint density at radius 2 is 1.96 bits per heavy atom. The number of dihydropyridines is 1. The Morgan fingerprint density at radius 1 is 1.30 bits per heavy atom. The summed E-state index contributed by atoms with van der Waals surface area (Å²) in [5.74, 6) is -2.07. The first-order valence-corrected chi connectivity index (χ1v) is 6.51. The SMILES string of the molecule is COC(=O)C1=C(C)NC(C)=C([N+](=O)[O-])C1c1c[nH]c(=O)[nH]c1=O. The minimum atomic E-state index is -1.26. The molecule has 1 atom stereocenters. The highest BCUT2D eigenvalue weighted by Gasteiger charge is 2.42. The summed E-state index contributed by atoms with van der Waals surface area (Å²) in [6, 6.07) is 0. The first-order valence-electron chi connectivity index (χ1n) is 6.51. The van der Waals surface area contributed by atoms with Crippen LogP contribution in [0.4, 0.5) is 0 Å². The summed E-state index contributed by atoms with van der Waals surface area (Å²) in [5, 5.41) is 14.2. The van der Waals surface area contributed by atoms with Crippen molar-refractivity contribution in [1.82, 2.24) is 15.3 Å². The topological polar surface area (TPSA) is 147 Å². The molecule has 1 aliphatic heterocycles. The number of carbonyl (C=O) groups is 1. The lowest BCUT2D eigenvalue weighted by Gasteiger charge is -2.25. The standard InChI is InChI=1S/C13H14N4O6/c1-5-8(12(19)23-3)9(10(17(21)22)6(2)15-5)7-4-14-13(20)16-11(7)18/h4,9,15H,1-3H3,(H2,14,16,18,20). The van der Waals surface area contributed by atoms with Crippen LogP contribution in [0.3, 0.4) is 0 Å². The number of carbonyl (C=O) groups excluding carboxylic acids is 1. The van der Waals surface area contributed by atoms with Gasteiger partial charge in [0.1, 0.15) is 5.92 Å². The molecule has 2 rings (SSSR count). The molecule has 2 heterocycles. The van der Waals surface area contributed by atoms with E-state index in [9.17, 15) is 24.5 Å². The summed E-state index contributed by atoms with van der Waals surface area (Å²) < 4.78 is 4.67. The van der Waals surface area contributed by atoms with Gasteiger partial charge in [-0.3, -0.25) is 19.9 Å². The number of H-pyrrole nitrogens is 2. The van der Waals surface area contributed by atoms with E-state index in [2.05, 4.69) is 15.0 Å². The minimum absolute atomic E-state index is 0.0673. The number of hydrogen-bond donors (Lipinski definition) is 3. The Balaban J connectivity index is 2.79. The van der Waals surface area contributed by atoms with Gasteiger partial charge in [0.05, 0.1) is 28.9 Å². The maximum atomic E-state index is 12.1. The molecule has 1 aliphatic rings. The second-order valence-electron chi connectivity index (χ2n) is 4.88. The van der Waals surface area contributed by atoms with Crippen molar-refractivity contribution in [2.45, 2.75) is 19.8 Å². The lowest BCUT2D eigenvalue weighted by Crippen LogP contribution is -2.35. The van der Waals surface area contributed by atoms with Crippen molar-refractivity contribution in [3.63, 3.8) is 0 Å². The van der Waals surface area contributed by atoms with Crippen LogP contribution < -0.4 is 16.6 Å². The molecule has 1 unspecified atom stereocenters. The Hall–Kier alpha value is -3.17. The van der Waals surface area contributed by atoms with E-state index in [1.807, 2.05) is 4.98 Å². The average Bonchev–Trinajstić information content (AvgIpc) is 2.45. The highest BCUT2D eigenvalue weighted by Crippen LogP contribution is 2.36. The second-order valence-corrected chi connectivity index (χ2v) is 4.88. The fourth-order valence-electron chi connectivity index (χ4n) is 2.54. The van der Waals surface area contributed by atoms with E-state index in [0.29, 0.717) is 5.70 Å². The highest BCUT2D eigenvalue weighted by atomic mass is 16.6. The fraction of sp³-hybridized carbons (Fsp3) is 0.308. The molecule has 0 radical (unpaired) electrons. The zero-order chi connectivity index (χ0) is 17.3. The van der Waals surface area contributed by atoms with Crippen LogP contribution in [0.15, 0.2) is 38.5 Å². The number of aromatic nitrogens is 2. The second kappa shape index (κ2) is 5.91. The van der Waals surface area contributed by atoms with Gasteiger partial charge in [0.25, 0.3) is 11.3 Å². The summed E-state index contributed by atoms with van der Waals surface area (Å²) in [4.78, 5) is 50.3. The van der Waals surface area contributed by atoms with E-state index in [0.717, 1.165) is 13.3 Å². The normalized spacial score (nSPS) is 17.8. The molecule has 0 amide bonds. The summed E-state index contributed by atoms with van der Waals surface area (Å²) in [7, 11) is 1.13. The number of esters is 1. The van der Waals surface area contributed by atoms with E-state index in [4.69, 9.17) is 0 Å². The van der Waals surface area contributed by atoms with Crippen molar-refractivity contribution >= 4 is 5.97 Å². The van der Waals surface area contributed by atoms with E-state index in [1.54, 1.807) is 6.92 Å². The molecule has 0 aliphatic carbocycles. The smallest absolute Gasteiger partial charge is 0.336 e. The average molecular weight is 322 g/mol. The molecule has 1 aromatic heterocycles. The van der Waals surface area contributed by atoms with Gasteiger partial charge in [-0.05, 0) is 13.8 Å². The third kappa shape index (κ3) is 2.78. The van der Waals surface area contributed by atoms with Crippen molar-refractivity contribution in [2.75, 3.05) is 7.11 Å². The van der Waals surface area contributed by atoms with Crippen molar-refractivity contribution in [2.24, 2.45) is 0 Å². The number of hydrogen-bond acceptors (Lipinski definition) is 7. The summed E-state index contributed by atoms with van der Waals surface area (Å²) in [5.41, 5.74) is -1.61. The maximum absolute atomic E-state index is 12.1. The Labute approximate surface area is 129 Å². The lowest BCUT2D eigenvalue weighted by molar-refractivity contribution is -0.431. The number of ether oxygens (including phenoxy) is 1. The zero-order valence-corrected chi connectivity index (χ0v) is 12.6. The molecule has 10 nitrogen and oxygen atoms in total. The molecule has 0 aromatic carbocycles. The van der Waals surface area contributed by atoms with Gasteiger partial charge in [-0.15, -0.1) is 0 Å². The van der Waals surface area contributed by atoms with Gasteiger partial charge in [-0.2, -0.15) is 0 Å². The number of methoxy groups -OCH3 is 1. The minimum Gasteiger partial charge on any atom is -0.466 e. The van der Waals surface area contributed by atoms with E-state index < -0.39 is 28.1 Å². The number of allylic oxidation sites excluding steroid dienone is 3. The number of nitro groups is 1. The van der Waals surface area contributed by atoms with Crippen molar-refractivity contribution in [3.05, 3.63) is 65.4 Å². The fourth-order valence-corrected chi connectivity index (χ4v) is 2.54. The number of aromatic amines is 2. The van der Waals surface area contributed by atoms with Gasteiger partial charge in [-0.25, -0.2) is 9.59 Å². The van der Waals surface area contributed by atoms with Crippen LogP contribution in [0.2, 0.25) is 0 Å². The van der Waals surface area contributed by atoms with Crippen LogP contribution in [0.1, 0.15) is 25.3 Å². The third-order valence-corrected chi connectivity index (χ3v) is 3.49. The van der Waals surface area contributed by atoms with E-state index >= 15 is 0 Å². The molecule has 0 spiro atoms. The molecule has 3 N–H and O–H groups in total. The maximum Gasteiger partial charge on any atom is 0.336 e. The van der Waals surface area contributed by atoms with E-state index in [-0.39, 0.29) is 22.5 Å². The van der Waals surface area contributed by atoms with Crippen LogP contribution in [-0.2, 0) is 9.53 Å². The summed E-state index contributed by atoms with van der Waals surface area (Å²) in [6.45, 7) is 3.00. The van der Waals surface area contributed by atoms with Gasteiger partial charge in [0.2, 0.25) is 0 Å². The highest BCUT2D eigenvalue weighted by molar-refractivity contribution is 5.92. The molecule has 23 heavy (non-hydrogen) atoms. The van der Waals surface area contributed by atoms with Gasteiger partial charge in [-0.1, -0.05) is 0 Å². The first-order chi connectivity index (χ1) is 10.8. The van der Waals surface area contributed by atoms with Gasteiger partial charge >= 0.3 is 11.7 Å². The number of rotatable bonds is 3. The number of nitrogens with zero attached hydrogens (tertiary/aromatic N) is 1. The van der Waals surface area contributed by atoms with Gasteiger partial charge in [0.15, 0.2) is 0 Å². The lowest BCUT2D eigenvalue weighted by atomic mass is 9.85. The van der Waals surface area contributed by atoms with Gasteiger partial charge in [0, 0.05) is 11.9 Å². The van der Waals surface area contributed by atoms with Gasteiger partial charge < -0.3 is 15.0 Å². The van der Waals surface area contributed by atoms with Crippen LogP contribution in [0, 0.1) is 10.1 Å². The Bertz CT molecular complexity index is 860. The van der Waals surface area contributed by atoms with Crippen LogP contribution in [-0.4, -0.2) is 28.0 Å². The van der Waals surface area contributed by atoms with Crippen molar-refractivity contribution in [1.29, 1.82) is 0 Å². The third-order valence-electron chi connectivity index (χ3n) is 3.49. The van der Waals surface area contributed by atoms with Crippen molar-refractivity contribution < 1.29 is 14.5 Å².